The number of hydrogen-bond donors (Lipinski definition) is 1. The highest BCUT2D eigenvalue weighted by Gasteiger charge is 2.12. The van der Waals surface area contributed by atoms with E-state index in [1.54, 1.807) is 12.1 Å². The fourth-order valence-corrected chi connectivity index (χ4v) is 2.74. The molecule has 2 N–H and O–H groups in total. The molecule has 0 saturated carbocycles. The van der Waals surface area contributed by atoms with E-state index in [4.69, 9.17) is 10.5 Å². The highest BCUT2D eigenvalue weighted by Crippen LogP contribution is 2.25. The van der Waals surface area contributed by atoms with E-state index in [0.29, 0.717) is 11.8 Å². The number of hydrogen-bond acceptors (Lipinski definition) is 4. The number of rotatable bonds is 4. The van der Waals surface area contributed by atoms with Crippen molar-refractivity contribution >= 4 is 17.9 Å². The van der Waals surface area contributed by atoms with Crippen LogP contribution in [-0.2, 0) is 4.74 Å². The van der Waals surface area contributed by atoms with E-state index in [9.17, 15) is 9.59 Å². The predicted molar refractivity (Wildman–Crippen MR) is 88.8 cm³/mol. The molecule has 1 aliphatic heterocycles. The number of morpholine rings is 1. The Bertz CT molecular complexity index is 720. The average Bonchev–Trinajstić information content (AvgIpc) is 2.62. The SMILES string of the molecule is NC(=O)c1cc(-c2ccc(N3CCOCC3)cc2)ccc1C=O. The van der Waals surface area contributed by atoms with Gasteiger partial charge in [-0.2, -0.15) is 0 Å². The number of aldehydes is 1. The number of anilines is 1. The number of carbonyl (C=O) groups excluding carboxylic acids is 2. The van der Waals surface area contributed by atoms with Crippen LogP contribution in [0.1, 0.15) is 20.7 Å². The Labute approximate surface area is 134 Å². The highest BCUT2D eigenvalue weighted by molar-refractivity contribution is 6.01. The third kappa shape index (κ3) is 3.24. The number of primary amides is 1. The molecular weight excluding hydrogens is 292 g/mol. The molecule has 1 fully saturated rings. The van der Waals surface area contributed by atoms with Gasteiger partial charge in [0.15, 0.2) is 6.29 Å². The van der Waals surface area contributed by atoms with Crippen molar-refractivity contribution in [2.45, 2.75) is 0 Å². The Hall–Kier alpha value is -2.66. The lowest BCUT2D eigenvalue weighted by atomic mass is 9.99. The first kappa shape index (κ1) is 15.2. The molecule has 0 spiro atoms. The minimum atomic E-state index is -0.598. The third-order valence-electron chi connectivity index (χ3n) is 4.02. The molecule has 5 nitrogen and oxygen atoms in total. The lowest BCUT2D eigenvalue weighted by Gasteiger charge is -2.28. The number of amides is 1. The van der Waals surface area contributed by atoms with Crippen LogP contribution in [0.15, 0.2) is 42.5 Å². The van der Waals surface area contributed by atoms with Crippen LogP contribution < -0.4 is 10.6 Å². The highest BCUT2D eigenvalue weighted by atomic mass is 16.5. The van der Waals surface area contributed by atoms with Gasteiger partial charge < -0.3 is 15.4 Å². The number of nitrogens with two attached hydrogens (primary N) is 1. The van der Waals surface area contributed by atoms with Crippen LogP contribution in [0.5, 0.6) is 0 Å². The minimum Gasteiger partial charge on any atom is -0.378 e. The first-order chi connectivity index (χ1) is 11.2. The van der Waals surface area contributed by atoms with Crippen LogP contribution in [0.3, 0.4) is 0 Å². The molecule has 0 aliphatic carbocycles. The Morgan fingerprint density at radius 3 is 2.30 bits per heavy atom. The third-order valence-corrected chi connectivity index (χ3v) is 4.02. The molecule has 2 aromatic carbocycles. The molecule has 1 saturated heterocycles. The molecule has 1 amide bonds. The Morgan fingerprint density at radius 1 is 1.04 bits per heavy atom. The van der Waals surface area contributed by atoms with Gasteiger partial charge in [0.1, 0.15) is 0 Å². The van der Waals surface area contributed by atoms with Crippen LogP contribution in [0.4, 0.5) is 5.69 Å². The molecule has 0 atom stereocenters. The van der Waals surface area contributed by atoms with Crippen LogP contribution in [-0.4, -0.2) is 38.5 Å². The van der Waals surface area contributed by atoms with E-state index in [1.165, 1.54) is 0 Å². The predicted octanol–water partition coefficient (Wildman–Crippen LogP) is 2.10. The second-order valence-electron chi connectivity index (χ2n) is 5.43. The van der Waals surface area contributed by atoms with Gasteiger partial charge >= 0.3 is 0 Å². The van der Waals surface area contributed by atoms with E-state index >= 15 is 0 Å². The van der Waals surface area contributed by atoms with Crippen molar-refractivity contribution in [3.63, 3.8) is 0 Å². The fourth-order valence-electron chi connectivity index (χ4n) is 2.74. The Morgan fingerprint density at radius 2 is 1.70 bits per heavy atom. The molecule has 0 radical (unpaired) electrons. The van der Waals surface area contributed by atoms with E-state index in [0.717, 1.165) is 43.1 Å². The molecular formula is C18H18N2O3. The van der Waals surface area contributed by atoms with E-state index in [2.05, 4.69) is 17.0 Å². The van der Waals surface area contributed by atoms with Crippen molar-refractivity contribution in [2.75, 3.05) is 31.2 Å². The maximum atomic E-state index is 11.5. The standard InChI is InChI=1S/C18H18N2O3/c19-18(22)17-11-14(1-2-15(17)12-21)13-3-5-16(6-4-13)20-7-9-23-10-8-20/h1-6,11-12H,7-10H2,(H2,19,22). The first-order valence-electron chi connectivity index (χ1n) is 7.51. The summed E-state index contributed by atoms with van der Waals surface area (Å²) in [6.07, 6.45) is 0.644. The van der Waals surface area contributed by atoms with Crippen molar-refractivity contribution in [3.05, 3.63) is 53.6 Å². The molecule has 23 heavy (non-hydrogen) atoms. The van der Waals surface area contributed by atoms with Gasteiger partial charge in [0, 0.05) is 24.3 Å². The number of carbonyl (C=O) groups is 2. The van der Waals surface area contributed by atoms with Crippen molar-refractivity contribution in [1.82, 2.24) is 0 Å². The summed E-state index contributed by atoms with van der Waals surface area (Å²) in [5, 5.41) is 0. The molecule has 0 bridgehead atoms. The van der Waals surface area contributed by atoms with E-state index < -0.39 is 5.91 Å². The quantitative estimate of drug-likeness (QED) is 0.878. The largest absolute Gasteiger partial charge is 0.378 e. The summed E-state index contributed by atoms with van der Waals surface area (Å²) >= 11 is 0. The second-order valence-corrected chi connectivity index (χ2v) is 5.43. The van der Waals surface area contributed by atoms with Gasteiger partial charge in [-0.25, -0.2) is 0 Å². The molecule has 0 unspecified atom stereocenters. The fraction of sp³-hybridized carbons (Fsp3) is 0.222. The Kier molecular flexibility index (Phi) is 4.39. The maximum absolute atomic E-state index is 11.5. The van der Waals surface area contributed by atoms with Crippen LogP contribution in [0, 0.1) is 0 Å². The van der Waals surface area contributed by atoms with Gasteiger partial charge in [0.25, 0.3) is 0 Å². The Balaban J connectivity index is 1.88. The molecule has 5 heteroatoms. The zero-order valence-electron chi connectivity index (χ0n) is 12.7. The number of benzene rings is 2. The summed E-state index contributed by atoms with van der Waals surface area (Å²) in [7, 11) is 0. The number of nitrogens with zero attached hydrogens (tertiary/aromatic N) is 1. The summed E-state index contributed by atoms with van der Waals surface area (Å²) in [6, 6.07) is 13.2. The van der Waals surface area contributed by atoms with Gasteiger partial charge in [-0.1, -0.05) is 24.3 Å². The maximum Gasteiger partial charge on any atom is 0.249 e. The van der Waals surface area contributed by atoms with Crippen LogP contribution >= 0.6 is 0 Å². The molecule has 3 rings (SSSR count). The van der Waals surface area contributed by atoms with Gasteiger partial charge in [0.05, 0.1) is 18.8 Å². The lowest BCUT2D eigenvalue weighted by Crippen LogP contribution is -2.36. The molecule has 0 aromatic heterocycles. The molecule has 1 heterocycles. The van der Waals surface area contributed by atoms with Crippen molar-refractivity contribution < 1.29 is 14.3 Å². The number of ether oxygens (including phenoxy) is 1. The van der Waals surface area contributed by atoms with Gasteiger partial charge in [-0.15, -0.1) is 0 Å². The second kappa shape index (κ2) is 6.62. The summed E-state index contributed by atoms with van der Waals surface area (Å²) < 4.78 is 5.36. The van der Waals surface area contributed by atoms with Gasteiger partial charge in [-0.3, -0.25) is 9.59 Å². The lowest BCUT2D eigenvalue weighted by molar-refractivity contribution is 0.0993. The zero-order chi connectivity index (χ0) is 16.2. The topological polar surface area (TPSA) is 72.6 Å². The van der Waals surface area contributed by atoms with Crippen molar-refractivity contribution in [3.8, 4) is 11.1 Å². The van der Waals surface area contributed by atoms with E-state index in [-0.39, 0.29) is 5.56 Å². The molecule has 118 valence electrons. The van der Waals surface area contributed by atoms with Crippen LogP contribution in [0.2, 0.25) is 0 Å². The summed E-state index contributed by atoms with van der Waals surface area (Å²) in [6.45, 7) is 3.27. The normalized spacial score (nSPS) is 14.5. The van der Waals surface area contributed by atoms with Crippen molar-refractivity contribution in [1.29, 1.82) is 0 Å². The van der Waals surface area contributed by atoms with Gasteiger partial charge in [0.2, 0.25) is 5.91 Å². The monoisotopic (exact) mass is 310 g/mol. The first-order valence-corrected chi connectivity index (χ1v) is 7.51. The smallest absolute Gasteiger partial charge is 0.249 e. The molecule has 1 aliphatic rings. The summed E-state index contributed by atoms with van der Waals surface area (Å²) in [4.78, 5) is 24.7. The van der Waals surface area contributed by atoms with Crippen LogP contribution in [0.25, 0.3) is 11.1 Å². The minimum absolute atomic E-state index is 0.245. The van der Waals surface area contributed by atoms with Crippen molar-refractivity contribution in [2.24, 2.45) is 5.73 Å². The molecule has 2 aromatic rings. The van der Waals surface area contributed by atoms with E-state index in [1.807, 2.05) is 18.2 Å². The zero-order valence-corrected chi connectivity index (χ0v) is 12.7. The summed E-state index contributed by atoms with van der Waals surface area (Å²) in [5.74, 6) is -0.598. The summed E-state index contributed by atoms with van der Waals surface area (Å²) in [5.41, 5.74) is 8.88. The van der Waals surface area contributed by atoms with Gasteiger partial charge in [-0.05, 0) is 29.3 Å². The average molecular weight is 310 g/mol.